The summed E-state index contributed by atoms with van der Waals surface area (Å²) >= 11 is 0. The second kappa shape index (κ2) is 10.3. The molecule has 0 aromatic heterocycles. The Labute approximate surface area is 226 Å². The fourth-order valence-electron chi connectivity index (χ4n) is 8.69. The van der Waals surface area contributed by atoms with Crippen LogP contribution in [0.5, 0.6) is 0 Å². The van der Waals surface area contributed by atoms with Crippen molar-refractivity contribution in [1.82, 2.24) is 0 Å². The Morgan fingerprint density at radius 3 is 2.43 bits per heavy atom. The van der Waals surface area contributed by atoms with Gasteiger partial charge in [-0.2, -0.15) is 0 Å². The van der Waals surface area contributed by atoms with Crippen molar-refractivity contribution in [2.24, 2.45) is 46.3 Å². The number of aliphatic carboxylic acids is 1. The monoisotopic (exact) mass is 436 g/mol. The van der Waals surface area contributed by atoms with E-state index in [9.17, 15) is 20.1 Å². The smallest absolute Gasteiger partial charge is 0.852 e. The van der Waals surface area contributed by atoms with Crippen LogP contribution in [0.15, 0.2) is 0 Å². The molecule has 4 fully saturated rings. The first kappa shape index (κ1) is 27.6. The van der Waals surface area contributed by atoms with Crippen molar-refractivity contribution < 1.29 is 79.2 Å². The third-order valence-electron chi connectivity index (χ3n) is 10.3. The molecule has 4 saturated carbocycles. The van der Waals surface area contributed by atoms with Gasteiger partial charge in [0.25, 0.3) is 0 Å². The first-order valence-corrected chi connectivity index (χ1v) is 11.7. The van der Waals surface area contributed by atoms with Crippen LogP contribution in [0.25, 0.3) is 0 Å². The van der Waals surface area contributed by atoms with Crippen molar-refractivity contribution in [2.45, 2.75) is 97.2 Å². The third-order valence-corrected chi connectivity index (χ3v) is 10.3. The number of carbonyl (C=O) groups is 1. The van der Waals surface area contributed by atoms with Crippen molar-refractivity contribution in [2.75, 3.05) is 0 Å². The number of carboxylic acid groups (broad SMARTS) is 1. The third kappa shape index (κ3) is 4.52. The van der Waals surface area contributed by atoms with Gasteiger partial charge in [-0.25, -0.2) is 0 Å². The molecule has 0 saturated heterocycles. The molecule has 0 spiro atoms. The average molecular weight is 437 g/mol. The van der Waals surface area contributed by atoms with Crippen molar-refractivity contribution in [1.29, 1.82) is 0 Å². The molecule has 4 aliphatic carbocycles. The molecule has 3 unspecified atom stereocenters. The van der Waals surface area contributed by atoms with Gasteiger partial charge in [-0.3, -0.25) is 0 Å². The van der Waals surface area contributed by atoms with E-state index >= 15 is 0 Å². The van der Waals surface area contributed by atoms with E-state index in [0.29, 0.717) is 41.9 Å². The zero-order valence-electron chi connectivity index (χ0n) is 19.9. The van der Waals surface area contributed by atoms with E-state index in [1.807, 2.05) is 0 Å². The van der Waals surface area contributed by atoms with Gasteiger partial charge in [-0.1, -0.05) is 33.6 Å². The number of hydrogen-bond donors (Lipinski definition) is 1. The summed E-state index contributed by atoms with van der Waals surface area (Å²) in [5.41, 5.74) is 0.135. The molecular formula is C24H38Na2O4. The van der Waals surface area contributed by atoms with Crippen LogP contribution in [-0.4, -0.2) is 23.3 Å². The van der Waals surface area contributed by atoms with Crippen molar-refractivity contribution in [3.05, 3.63) is 0 Å². The molecule has 160 valence electrons. The van der Waals surface area contributed by atoms with Crippen LogP contribution < -0.4 is 69.3 Å². The van der Waals surface area contributed by atoms with Gasteiger partial charge in [-0.05, 0) is 97.7 Å². The summed E-state index contributed by atoms with van der Waals surface area (Å²) in [6.45, 7) is 6.90. The van der Waals surface area contributed by atoms with E-state index in [4.69, 9.17) is 0 Å². The number of carbonyl (C=O) groups excluding carboxylic acids is 1. The normalized spacial score (nSPS) is 48.2. The van der Waals surface area contributed by atoms with Crippen LogP contribution in [0.3, 0.4) is 0 Å². The van der Waals surface area contributed by atoms with Crippen LogP contribution in [-0.2, 0) is 4.79 Å². The Bertz CT molecular complexity index is 616. The molecule has 6 heteroatoms. The van der Waals surface area contributed by atoms with Gasteiger partial charge in [0.05, 0.1) is 6.10 Å². The number of carboxylic acids is 1. The molecule has 4 nitrogen and oxygen atoms in total. The SMILES string of the molecule is C[C@H](CCC(=O)[O-])[C@H]1CCC2C3CC[C@@H]4C[C@H]([O-])CC[C@]4(C)C3C[C@H](O)[C@@]21C.[Na+].[Na+]. The summed E-state index contributed by atoms with van der Waals surface area (Å²) in [4.78, 5) is 10.9. The fraction of sp³-hybridized carbons (Fsp3) is 0.958. The quantitative estimate of drug-likeness (QED) is 0.464. The Morgan fingerprint density at radius 2 is 1.77 bits per heavy atom. The van der Waals surface area contributed by atoms with Gasteiger partial charge in [0.1, 0.15) is 0 Å². The van der Waals surface area contributed by atoms with E-state index in [1.54, 1.807) is 0 Å². The van der Waals surface area contributed by atoms with E-state index < -0.39 is 5.97 Å². The molecule has 0 bridgehead atoms. The molecule has 0 radical (unpaired) electrons. The minimum Gasteiger partial charge on any atom is -0.852 e. The zero-order chi connectivity index (χ0) is 20.3. The predicted molar refractivity (Wildman–Crippen MR) is 104 cm³/mol. The van der Waals surface area contributed by atoms with Crippen molar-refractivity contribution >= 4 is 5.97 Å². The summed E-state index contributed by atoms with van der Waals surface area (Å²) in [6.07, 6.45) is 8.31. The Kier molecular flexibility index (Phi) is 9.52. The molecule has 0 aromatic carbocycles. The molecule has 0 aliphatic heterocycles. The van der Waals surface area contributed by atoms with Gasteiger partial charge in [-0.15, -0.1) is 6.10 Å². The van der Waals surface area contributed by atoms with Crippen LogP contribution >= 0.6 is 0 Å². The molecule has 4 aliphatic rings. The minimum absolute atomic E-state index is 0. The van der Waals surface area contributed by atoms with Gasteiger partial charge in [0.15, 0.2) is 0 Å². The molecule has 4 rings (SSSR count). The van der Waals surface area contributed by atoms with Crippen molar-refractivity contribution in [3.63, 3.8) is 0 Å². The number of fused-ring (bicyclic) bond motifs is 5. The van der Waals surface area contributed by atoms with Gasteiger partial charge in [0, 0.05) is 5.97 Å². The number of hydrogen-bond acceptors (Lipinski definition) is 4. The molecular weight excluding hydrogens is 398 g/mol. The number of aliphatic hydroxyl groups is 1. The van der Waals surface area contributed by atoms with Gasteiger partial charge >= 0.3 is 59.1 Å². The van der Waals surface area contributed by atoms with Crippen LogP contribution in [0, 0.1) is 46.3 Å². The number of rotatable bonds is 4. The standard InChI is InChI=1S/C24H39O4.2Na/c1-14(4-9-22(27)28)18-7-8-19-17-6-5-15-12-16(25)10-11-23(15,2)20(17)13-21(26)24(18,19)3;;/h14-21,26H,4-13H2,1-3H3,(H,27,28);;/q-1;2*+1/p-1/t14-,15-,16-,17?,18-,19?,20?,21+,23+,24-;;/m1../s1. The Balaban J connectivity index is 0.00000160. The first-order valence-electron chi connectivity index (χ1n) is 11.7. The molecule has 0 heterocycles. The minimum atomic E-state index is -0.962. The van der Waals surface area contributed by atoms with Crippen LogP contribution in [0.4, 0.5) is 0 Å². The second-order valence-electron chi connectivity index (χ2n) is 11.2. The maximum Gasteiger partial charge on any atom is 1.00 e. The average Bonchev–Trinajstić information content (AvgIpc) is 3.00. The van der Waals surface area contributed by atoms with Gasteiger partial charge in [0.2, 0.25) is 0 Å². The topological polar surface area (TPSA) is 83.4 Å². The van der Waals surface area contributed by atoms with E-state index in [0.717, 1.165) is 32.1 Å². The number of aliphatic hydroxyl groups excluding tert-OH is 1. The predicted octanol–water partition coefficient (Wildman–Crippen LogP) is -3.48. The summed E-state index contributed by atoms with van der Waals surface area (Å²) < 4.78 is 0. The molecule has 30 heavy (non-hydrogen) atoms. The fourth-order valence-corrected chi connectivity index (χ4v) is 8.69. The van der Waals surface area contributed by atoms with Crippen molar-refractivity contribution in [3.8, 4) is 0 Å². The van der Waals surface area contributed by atoms with E-state index in [2.05, 4.69) is 20.8 Å². The summed E-state index contributed by atoms with van der Waals surface area (Å²) in [5.74, 6) is 2.04. The molecule has 1 N–H and O–H groups in total. The van der Waals surface area contributed by atoms with Gasteiger partial charge < -0.3 is 20.1 Å². The zero-order valence-corrected chi connectivity index (χ0v) is 23.9. The molecule has 0 aromatic rings. The first-order chi connectivity index (χ1) is 13.2. The summed E-state index contributed by atoms with van der Waals surface area (Å²) in [7, 11) is 0. The maximum atomic E-state index is 12.1. The maximum absolute atomic E-state index is 12.1. The second-order valence-corrected chi connectivity index (χ2v) is 11.2. The Morgan fingerprint density at radius 1 is 1.07 bits per heavy atom. The molecule has 10 atom stereocenters. The Hall–Kier alpha value is 1.39. The largest absolute Gasteiger partial charge is 1.00 e. The van der Waals surface area contributed by atoms with E-state index in [-0.39, 0.29) is 88.6 Å². The summed E-state index contributed by atoms with van der Waals surface area (Å²) in [5, 5.41) is 34.5. The summed E-state index contributed by atoms with van der Waals surface area (Å²) in [6, 6.07) is 0. The molecule has 0 amide bonds. The van der Waals surface area contributed by atoms with Crippen LogP contribution in [0.2, 0.25) is 0 Å². The van der Waals surface area contributed by atoms with E-state index in [1.165, 1.54) is 19.3 Å². The van der Waals surface area contributed by atoms with Crippen LogP contribution in [0.1, 0.15) is 85.0 Å².